The minimum atomic E-state index is 0.690. The third-order valence-electron chi connectivity index (χ3n) is 5.84. The van der Waals surface area contributed by atoms with E-state index in [-0.39, 0.29) is 0 Å². The van der Waals surface area contributed by atoms with E-state index in [1.165, 1.54) is 43.2 Å². The molecule has 2 saturated carbocycles. The van der Waals surface area contributed by atoms with Gasteiger partial charge >= 0.3 is 0 Å². The third-order valence-corrected chi connectivity index (χ3v) is 5.84. The van der Waals surface area contributed by atoms with Gasteiger partial charge in [-0.1, -0.05) is 31.5 Å². The van der Waals surface area contributed by atoms with Crippen LogP contribution in [0.3, 0.4) is 0 Å². The molecule has 1 aromatic carbocycles. The lowest BCUT2D eigenvalue weighted by atomic mass is 9.80. The summed E-state index contributed by atoms with van der Waals surface area (Å²) in [5, 5.41) is 3.81. The van der Waals surface area contributed by atoms with Gasteiger partial charge in [0.2, 0.25) is 0 Å². The molecular formula is C19H29N. The van der Waals surface area contributed by atoms with Gasteiger partial charge in [0.15, 0.2) is 0 Å². The van der Waals surface area contributed by atoms with Crippen molar-refractivity contribution in [3.63, 3.8) is 0 Å². The maximum Gasteiger partial charge on any atom is 0.0139 e. The van der Waals surface area contributed by atoms with Crippen LogP contribution in [0.2, 0.25) is 0 Å². The highest BCUT2D eigenvalue weighted by molar-refractivity contribution is 5.34. The van der Waals surface area contributed by atoms with E-state index in [1.54, 1.807) is 5.56 Å². The van der Waals surface area contributed by atoms with E-state index in [4.69, 9.17) is 0 Å². The van der Waals surface area contributed by atoms with Crippen molar-refractivity contribution in [2.24, 2.45) is 17.8 Å². The highest BCUT2D eigenvalue weighted by Gasteiger charge is 2.42. The summed E-state index contributed by atoms with van der Waals surface area (Å²) in [6.07, 6.45) is 7.21. The molecule has 1 N–H and O–H groups in total. The van der Waals surface area contributed by atoms with Crippen molar-refractivity contribution in [3.8, 4) is 0 Å². The summed E-state index contributed by atoms with van der Waals surface area (Å²) in [6.45, 7) is 7.90. The Labute approximate surface area is 124 Å². The lowest BCUT2D eigenvalue weighted by Crippen LogP contribution is -2.40. The predicted octanol–water partition coefficient (Wildman–Crippen LogP) is 4.26. The molecule has 20 heavy (non-hydrogen) atoms. The molecule has 0 aromatic heterocycles. The number of rotatable bonds is 5. The number of nitrogens with one attached hydrogen (secondary N) is 1. The van der Waals surface area contributed by atoms with Crippen LogP contribution in [0.25, 0.3) is 0 Å². The second-order valence-corrected chi connectivity index (χ2v) is 7.08. The zero-order valence-electron chi connectivity index (χ0n) is 13.3. The smallest absolute Gasteiger partial charge is 0.0139 e. The third kappa shape index (κ3) is 2.65. The number of fused-ring (bicyclic) bond motifs is 2. The Balaban J connectivity index is 1.77. The van der Waals surface area contributed by atoms with Crippen LogP contribution in [0.5, 0.6) is 0 Å². The summed E-state index contributed by atoms with van der Waals surface area (Å²) in [7, 11) is 0. The standard InChI is InChI=1S/C19H29N/c1-4-20-19(18-11-15-8-9-16(18)10-15)12-17-13(2)6-5-7-14(17)3/h5-7,15-16,18-20H,4,8-12H2,1-3H3. The molecule has 0 amide bonds. The highest BCUT2D eigenvalue weighted by atomic mass is 14.9. The zero-order chi connectivity index (χ0) is 14.1. The number of aryl methyl sites for hydroxylation is 2. The molecule has 4 atom stereocenters. The lowest BCUT2D eigenvalue weighted by Gasteiger charge is -2.32. The molecule has 0 aliphatic heterocycles. The summed E-state index contributed by atoms with van der Waals surface area (Å²) in [5.41, 5.74) is 4.52. The first-order valence-electron chi connectivity index (χ1n) is 8.47. The SMILES string of the molecule is CCNC(Cc1c(C)cccc1C)C1CC2CCC1C2. The molecular weight excluding hydrogens is 242 g/mol. The Bertz CT molecular complexity index is 445. The molecule has 0 radical (unpaired) electrons. The Hall–Kier alpha value is -0.820. The summed E-state index contributed by atoms with van der Waals surface area (Å²) in [4.78, 5) is 0. The molecule has 1 nitrogen and oxygen atoms in total. The van der Waals surface area contributed by atoms with E-state index in [0.717, 1.165) is 24.3 Å². The molecule has 2 aliphatic rings. The summed E-state index contributed by atoms with van der Waals surface area (Å²) >= 11 is 0. The van der Waals surface area contributed by atoms with E-state index in [0.29, 0.717) is 6.04 Å². The fraction of sp³-hybridized carbons (Fsp3) is 0.684. The number of hydrogen-bond acceptors (Lipinski definition) is 1. The van der Waals surface area contributed by atoms with Gasteiger partial charge in [-0.05, 0) is 80.5 Å². The molecule has 110 valence electrons. The predicted molar refractivity (Wildman–Crippen MR) is 86.0 cm³/mol. The van der Waals surface area contributed by atoms with Gasteiger partial charge in [0.25, 0.3) is 0 Å². The Kier molecular flexibility index (Phi) is 4.16. The highest BCUT2D eigenvalue weighted by Crippen LogP contribution is 2.50. The van der Waals surface area contributed by atoms with Crippen molar-refractivity contribution < 1.29 is 0 Å². The molecule has 1 heteroatoms. The Morgan fingerprint density at radius 1 is 1.15 bits per heavy atom. The van der Waals surface area contributed by atoms with Gasteiger partial charge in [-0.2, -0.15) is 0 Å². The molecule has 3 rings (SSSR count). The van der Waals surface area contributed by atoms with Crippen molar-refractivity contribution in [1.29, 1.82) is 0 Å². The van der Waals surface area contributed by atoms with E-state index < -0.39 is 0 Å². The number of benzene rings is 1. The number of likely N-dealkylation sites (N-methyl/N-ethyl adjacent to an activating group) is 1. The fourth-order valence-corrected chi connectivity index (χ4v) is 4.81. The first-order chi connectivity index (χ1) is 9.69. The average molecular weight is 271 g/mol. The van der Waals surface area contributed by atoms with E-state index in [2.05, 4.69) is 44.3 Å². The second kappa shape index (κ2) is 5.89. The van der Waals surface area contributed by atoms with E-state index >= 15 is 0 Å². The second-order valence-electron chi connectivity index (χ2n) is 7.08. The first kappa shape index (κ1) is 14.1. The van der Waals surface area contributed by atoms with Gasteiger partial charge in [-0.3, -0.25) is 0 Å². The molecule has 1 aromatic rings. The van der Waals surface area contributed by atoms with Crippen LogP contribution in [0.4, 0.5) is 0 Å². The average Bonchev–Trinajstić information content (AvgIpc) is 3.04. The van der Waals surface area contributed by atoms with Crippen molar-refractivity contribution >= 4 is 0 Å². The Morgan fingerprint density at radius 3 is 2.45 bits per heavy atom. The summed E-state index contributed by atoms with van der Waals surface area (Å²) < 4.78 is 0. The molecule has 2 aliphatic carbocycles. The van der Waals surface area contributed by atoms with Crippen LogP contribution in [-0.4, -0.2) is 12.6 Å². The van der Waals surface area contributed by atoms with Gasteiger partial charge in [0, 0.05) is 6.04 Å². The summed E-state index contributed by atoms with van der Waals surface area (Å²) in [6, 6.07) is 7.42. The van der Waals surface area contributed by atoms with Gasteiger partial charge < -0.3 is 5.32 Å². The molecule has 0 spiro atoms. The van der Waals surface area contributed by atoms with Gasteiger partial charge in [0.05, 0.1) is 0 Å². The van der Waals surface area contributed by atoms with Crippen LogP contribution in [0, 0.1) is 31.6 Å². The molecule has 0 saturated heterocycles. The van der Waals surface area contributed by atoms with Crippen LogP contribution in [0.15, 0.2) is 18.2 Å². The van der Waals surface area contributed by atoms with Crippen LogP contribution < -0.4 is 5.32 Å². The molecule has 2 bridgehead atoms. The van der Waals surface area contributed by atoms with Crippen molar-refractivity contribution in [2.75, 3.05) is 6.54 Å². The van der Waals surface area contributed by atoms with Crippen LogP contribution in [0.1, 0.15) is 49.3 Å². The topological polar surface area (TPSA) is 12.0 Å². The minimum Gasteiger partial charge on any atom is -0.314 e. The maximum absolute atomic E-state index is 3.81. The Morgan fingerprint density at radius 2 is 1.90 bits per heavy atom. The van der Waals surface area contributed by atoms with Gasteiger partial charge in [-0.15, -0.1) is 0 Å². The summed E-state index contributed by atoms with van der Waals surface area (Å²) in [5.74, 6) is 2.98. The van der Waals surface area contributed by atoms with Crippen molar-refractivity contribution in [3.05, 3.63) is 34.9 Å². The van der Waals surface area contributed by atoms with Crippen molar-refractivity contribution in [1.82, 2.24) is 5.32 Å². The first-order valence-corrected chi connectivity index (χ1v) is 8.47. The van der Waals surface area contributed by atoms with Crippen LogP contribution in [-0.2, 0) is 6.42 Å². The van der Waals surface area contributed by atoms with Gasteiger partial charge in [0.1, 0.15) is 0 Å². The van der Waals surface area contributed by atoms with E-state index in [1.807, 2.05) is 0 Å². The molecule has 4 unspecified atom stereocenters. The largest absolute Gasteiger partial charge is 0.314 e. The normalized spacial score (nSPS) is 29.9. The quantitative estimate of drug-likeness (QED) is 0.843. The lowest BCUT2D eigenvalue weighted by molar-refractivity contribution is 0.248. The van der Waals surface area contributed by atoms with Gasteiger partial charge in [-0.25, -0.2) is 0 Å². The monoisotopic (exact) mass is 271 g/mol. The zero-order valence-corrected chi connectivity index (χ0v) is 13.3. The fourth-order valence-electron chi connectivity index (χ4n) is 4.81. The maximum atomic E-state index is 3.81. The minimum absolute atomic E-state index is 0.690. The number of hydrogen-bond donors (Lipinski definition) is 1. The molecule has 2 fully saturated rings. The van der Waals surface area contributed by atoms with E-state index in [9.17, 15) is 0 Å². The van der Waals surface area contributed by atoms with Crippen LogP contribution >= 0.6 is 0 Å². The van der Waals surface area contributed by atoms with Crippen molar-refractivity contribution in [2.45, 2.75) is 58.9 Å². The molecule has 0 heterocycles.